The summed E-state index contributed by atoms with van der Waals surface area (Å²) in [5.41, 5.74) is 0. The normalized spacial score (nSPS) is 14.1. The van der Waals surface area contributed by atoms with E-state index in [0.717, 1.165) is 0 Å². The molecule has 0 radical (unpaired) electrons. The van der Waals surface area contributed by atoms with Crippen LogP contribution in [0.1, 0.15) is 20.3 Å². The van der Waals surface area contributed by atoms with Crippen molar-refractivity contribution < 1.29 is 0 Å². The molecule has 3 heteroatoms. The van der Waals surface area contributed by atoms with Crippen LogP contribution >= 0.6 is 34.8 Å². The Hall–Kier alpha value is 0.610. The zero-order chi connectivity index (χ0) is 7.49. The third-order valence-electron chi connectivity index (χ3n) is 1.05. The Labute approximate surface area is 70.8 Å². The fraction of sp³-hybridized carbons (Fsp3) is 0.667. The zero-order valence-corrected chi connectivity index (χ0v) is 7.69. The van der Waals surface area contributed by atoms with Crippen LogP contribution in [0.2, 0.25) is 0 Å². The lowest BCUT2D eigenvalue weighted by molar-refractivity contribution is 0.880. The molecule has 0 saturated carbocycles. The van der Waals surface area contributed by atoms with E-state index in [9.17, 15) is 0 Å². The minimum Gasteiger partial charge on any atom is -0.0954 e. The fourth-order valence-electron chi connectivity index (χ4n) is 0.380. The lowest BCUT2D eigenvalue weighted by Crippen LogP contribution is -2.10. The molecule has 54 valence electrons. The molecule has 0 unspecified atom stereocenters. The Kier molecular flexibility index (Phi) is 3.95. The second-order valence-electron chi connectivity index (χ2n) is 1.69. The second-order valence-corrected chi connectivity index (χ2v) is 3.59. The van der Waals surface area contributed by atoms with Gasteiger partial charge in [-0.3, -0.25) is 0 Å². The standard InChI is InChI=1S/C6H9Cl3/c1-3-5(7)6(8,9)4-2/h3H,4H2,1-2H3. The van der Waals surface area contributed by atoms with Gasteiger partial charge in [-0.15, -0.1) is 0 Å². The SMILES string of the molecule is CC=C(Cl)C(Cl)(Cl)CC. The van der Waals surface area contributed by atoms with Gasteiger partial charge in [0, 0.05) is 5.03 Å². The van der Waals surface area contributed by atoms with Crippen molar-refractivity contribution in [3.8, 4) is 0 Å². The lowest BCUT2D eigenvalue weighted by atomic mass is 10.3. The van der Waals surface area contributed by atoms with Crippen molar-refractivity contribution in [1.29, 1.82) is 0 Å². The van der Waals surface area contributed by atoms with Gasteiger partial charge in [0.25, 0.3) is 0 Å². The predicted molar refractivity (Wildman–Crippen MR) is 44.3 cm³/mol. The van der Waals surface area contributed by atoms with Gasteiger partial charge in [-0.1, -0.05) is 47.8 Å². The average Bonchev–Trinajstić information content (AvgIpc) is 1.86. The highest BCUT2D eigenvalue weighted by Gasteiger charge is 2.24. The van der Waals surface area contributed by atoms with Crippen molar-refractivity contribution in [1.82, 2.24) is 0 Å². The van der Waals surface area contributed by atoms with Gasteiger partial charge in [0.05, 0.1) is 0 Å². The maximum Gasteiger partial charge on any atom is 0.152 e. The third kappa shape index (κ3) is 2.79. The molecule has 0 amide bonds. The highest BCUT2D eigenvalue weighted by Crippen LogP contribution is 2.35. The van der Waals surface area contributed by atoms with E-state index in [1.165, 1.54) is 0 Å². The molecule has 0 atom stereocenters. The molecule has 0 aliphatic rings. The number of alkyl halides is 2. The zero-order valence-electron chi connectivity index (χ0n) is 5.42. The third-order valence-corrected chi connectivity index (χ3v) is 2.72. The van der Waals surface area contributed by atoms with Gasteiger partial charge in [0.2, 0.25) is 0 Å². The quantitative estimate of drug-likeness (QED) is 0.578. The molecule has 0 N–H and O–H groups in total. The molecule has 0 fully saturated rings. The van der Waals surface area contributed by atoms with Gasteiger partial charge in [-0.05, 0) is 13.3 Å². The molecule has 0 aliphatic heterocycles. The van der Waals surface area contributed by atoms with Crippen LogP contribution in [0.5, 0.6) is 0 Å². The van der Waals surface area contributed by atoms with E-state index in [1.54, 1.807) is 13.0 Å². The first-order valence-corrected chi connectivity index (χ1v) is 3.88. The maximum absolute atomic E-state index is 5.74. The summed E-state index contributed by atoms with van der Waals surface area (Å²) >= 11 is 17.1. The Morgan fingerprint density at radius 1 is 1.56 bits per heavy atom. The fourth-order valence-corrected chi connectivity index (χ4v) is 0.732. The molecule has 0 nitrogen and oxygen atoms in total. The van der Waals surface area contributed by atoms with Gasteiger partial charge in [0.15, 0.2) is 4.33 Å². The summed E-state index contributed by atoms with van der Waals surface area (Å²) in [5.74, 6) is 0. The molecule has 0 rings (SSSR count). The van der Waals surface area contributed by atoms with E-state index >= 15 is 0 Å². The number of rotatable bonds is 2. The molecule has 0 bridgehead atoms. The van der Waals surface area contributed by atoms with Gasteiger partial charge in [-0.2, -0.15) is 0 Å². The summed E-state index contributed by atoms with van der Waals surface area (Å²) in [4.78, 5) is 0. The highest BCUT2D eigenvalue weighted by atomic mass is 35.5. The monoisotopic (exact) mass is 186 g/mol. The number of halogens is 3. The van der Waals surface area contributed by atoms with Crippen LogP contribution in [0.15, 0.2) is 11.1 Å². The Balaban J connectivity index is 4.14. The molecule has 0 aliphatic carbocycles. The van der Waals surface area contributed by atoms with Gasteiger partial charge in [-0.25, -0.2) is 0 Å². The lowest BCUT2D eigenvalue weighted by Gasteiger charge is -2.14. The Morgan fingerprint density at radius 2 is 2.00 bits per heavy atom. The summed E-state index contributed by atoms with van der Waals surface area (Å²) in [6.45, 7) is 3.68. The van der Waals surface area contributed by atoms with Crippen molar-refractivity contribution in [3.05, 3.63) is 11.1 Å². The summed E-state index contributed by atoms with van der Waals surface area (Å²) in [7, 11) is 0. The molecule has 9 heavy (non-hydrogen) atoms. The summed E-state index contributed by atoms with van der Waals surface area (Å²) in [6, 6.07) is 0. The van der Waals surface area contributed by atoms with Crippen LogP contribution in [-0.4, -0.2) is 4.33 Å². The van der Waals surface area contributed by atoms with Gasteiger partial charge >= 0.3 is 0 Å². The minimum atomic E-state index is -0.879. The second kappa shape index (κ2) is 3.70. The van der Waals surface area contributed by atoms with Crippen LogP contribution in [0.4, 0.5) is 0 Å². The van der Waals surface area contributed by atoms with E-state index < -0.39 is 4.33 Å². The summed E-state index contributed by atoms with van der Waals surface area (Å²) < 4.78 is -0.879. The van der Waals surface area contributed by atoms with E-state index in [2.05, 4.69) is 0 Å². The molecular weight excluding hydrogens is 178 g/mol. The largest absolute Gasteiger partial charge is 0.152 e. The average molecular weight is 187 g/mol. The molecular formula is C6H9Cl3. The topological polar surface area (TPSA) is 0 Å². The van der Waals surface area contributed by atoms with E-state index in [1.807, 2.05) is 6.92 Å². The Bertz CT molecular complexity index is 115. The van der Waals surface area contributed by atoms with Crippen LogP contribution in [0.3, 0.4) is 0 Å². The maximum atomic E-state index is 5.74. The van der Waals surface area contributed by atoms with Crippen LogP contribution < -0.4 is 0 Å². The van der Waals surface area contributed by atoms with Crippen LogP contribution in [0.25, 0.3) is 0 Å². The predicted octanol–water partition coefficient (Wildman–Crippen LogP) is 3.71. The molecule has 0 heterocycles. The first kappa shape index (κ1) is 9.61. The van der Waals surface area contributed by atoms with Crippen molar-refractivity contribution in [2.45, 2.75) is 24.6 Å². The first-order valence-electron chi connectivity index (χ1n) is 2.74. The van der Waals surface area contributed by atoms with Gasteiger partial charge < -0.3 is 0 Å². The first-order chi connectivity index (χ1) is 4.04. The highest BCUT2D eigenvalue weighted by molar-refractivity contribution is 6.56. The van der Waals surface area contributed by atoms with E-state index in [-0.39, 0.29) is 0 Å². The van der Waals surface area contributed by atoms with Crippen molar-refractivity contribution in [2.24, 2.45) is 0 Å². The number of hydrogen-bond donors (Lipinski definition) is 0. The number of hydrogen-bond acceptors (Lipinski definition) is 0. The summed E-state index contributed by atoms with van der Waals surface area (Å²) in [5, 5.41) is 0.494. The molecule has 0 spiro atoms. The molecule has 0 saturated heterocycles. The van der Waals surface area contributed by atoms with Crippen molar-refractivity contribution in [2.75, 3.05) is 0 Å². The van der Waals surface area contributed by atoms with Crippen LogP contribution in [0, 0.1) is 0 Å². The van der Waals surface area contributed by atoms with Crippen molar-refractivity contribution >= 4 is 34.8 Å². The Morgan fingerprint density at radius 3 is 2.11 bits per heavy atom. The summed E-state index contributed by atoms with van der Waals surface area (Å²) in [6.07, 6.45) is 2.32. The van der Waals surface area contributed by atoms with Crippen LogP contribution in [-0.2, 0) is 0 Å². The van der Waals surface area contributed by atoms with E-state index in [0.29, 0.717) is 11.5 Å². The number of allylic oxidation sites excluding steroid dienone is 2. The van der Waals surface area contributed by atoms with Crippen molar-refractivity contribution in [3.63, 3.8) is 0 Å². The van der Waals surface area contributed by atoms with E-state index in [4.69, 9.17) is 34.8 Å². The molecule has 0 aromatic heterocycles. The smallest absolute Gasteiger partial charge is 0.0954 e. The minimum absolute atomic E-state index is 0.494. The molecule has 0 aromatic rings. The van der Waals surface area contributed by atoms with Gasteiger partial charge in [0.1, 0.15) is 0 Å². The molecule has 0 aromatic carbocycles.